The van der Waals surface area contributed by atoms with E-state index in [9.17, 15) is 30.1 Å². The van der Waals surface area contributed by atoms with Crippen molar-refractivity contribution in [3.63, 3.8) is 0 Å². The van der Waals surface area contributed by atoms with Gasteiger partial charge in [0.15, 0.2) is 0 Å². The van der Waals surface area contributed by atoms with Crippen LogP contribution in [0.4, 0.5) is 11.4 Å². The lowest BCUT2D eigenvalue weighted by Gasteiger charge is -2.11. The molecule has 0 spiro atoms. The summed E-state index contributed by atoms with van der Waals surface area (Å²) in [5.41, 5.74) is -0.922. The molecular formula is C9H7N2O6S-. The Balaban J connectivity index is 3.15. The molecule has 18 heavy (non-hydrogen) atoms. The highest BCUT2D eigenvalue weighted by atomic mass is 32.2. The quantitative estimate of drug-likeness (QED) is 0.438. The van der Waals surface area contributed by atoms with E-state index in [2.05, 4.69) is 0 Å². The molecular weight excluding hydrogens is 264 g/mol. The Hall–Kier alpha value is -2.16. The van der Waals surface area contributed by atoms with Gasteiger partial charge in [-0.2, -0.15) is 0 Å². The van der Waals surface area contributed by atoms with Crippen molar-refractivity contribution >= 4 is 29.1 Å². The summed E-state index contributed by atoms with van der Waals surface area (Å²) in [5, 5.41) is 30.8. The largest absolute Gasteiger partial charge is 0.549 e. The van der Waals surface area contributed by atoms with Crippen LogP contribution in [0.5, 0.6) is 0 Å². The first-order valence-electron chi connectivity index (χ1n) is 4.62. The molecule has 0 amide bonds. The van der Waals surface area contributed by atoms with Gasteiger partial charge in [0.2, 0.25) is 0 Å². The Morgan fingerprint density at radius 2 is 1.61 bits per heavy atom. The van der Waals surface area contributed by atoms with E-state index in [1.165, 1.54) is 6.92 Å². The Bertz CT molecular complexity index is 486. The average molecular weight is 271 g/mol. The van der Waals surface area contributed by atoms with Crippen molar-refractivity contribution in [2.45, 2.75) is 17.1 Å². The Labute approximate surface area is 105 Å². The predicted molar refractivity (Wildman–Crippen MR) is 60.1 cm³/mol. The number of nitro benzene ring substituents is 2. The monoisotopic (exact) mass is 271 g/mol. The first kappa shape index (κ1) is 13.9. The zero-order valence-electron chi connectivity index (χ0n) is 9.06. The van der Waals surface area contributed by atoms with E-state index in [0.717, 1.165) is 30.0 Å². The van der Waals surface area contributed by atoms with Gasteiger partial charge in [-0.3, -0.25) is 20.2 Å². The number of aliphatic carboxylic acids is 1. The van der Waals surface area contributed by atoms with E-state index < -0.39 is 32.4 Å². The molecule has 0 aromatic heterocycles. The second-order valence-electron chi connectivity index (χ2n) is 3.28. The summed E-state index contributed by atoms with van der Waals surface area (Å²) in [5.74, 6) is -1.35. The molecule has 9 heteroatoms. The third-order valence-electron chi connectivity index (χ3n) is 1.94. The fraction of sp³-hybridized carbons (Fsp3) is 0.222. The number of hydrogen-bond acceptors (Lipinski definition) is 7. The van der Waals surface area contributed by atoms with Gasteiger partial charge in [-0.05, 0) is 6.92 Å². The first-order valence-corrected chi connectivity index (χ1v) is 5.50. The van der Waals surface area contributed by atoms with Gasteiger partial charge in [0.05, 0.1) is 21.9 Å². The minimum Gasteiger partial charge on any atom is -0.549 e. The number of nitro groups is 2. The Morgan fingerprint density at radius 3 is 1.94 bits per heavy atom. The molecule has 1 atom stereocenters. The standard InChI is InChI=1S/C9H8N2O6S/c1-5(9(12)13)18-8-3-6(10(14)15)2-7(4-8)11(16)17/h2-5H,1H3,(H,12,13)/p-1/t5-/m1/s1. The van der Waals surface area contributed by atoms with Crippen LogP contribution in [0, 0.1) is 20.2 Å². The second-order valence-corrected chi connectivity index (χ2v) is 4.69. The molecule has 1 rings (SSSR count). The van der Waals surface area contributed by atoms with Crippen molar-refractivity contribution in [1.82, 2.24) is 0 Å². The Kier molecular flexibility index (Phi) is 4.21. The lowest BCUT2D eigenvalue weighted by molar-refractivity contribution is -0.394. The number of carboxylic acid groups (broad SMARTS) is 1. The summed E-state index contributed by atoms with van der Waals surface area (Å²) in [6, 6.07) is 2.97. The maximum atomic E-state index is 10.6. The molecule has 0 fully saturated rings. The predicted octanol–water partition coefficient (Wildman–Crippen LogP) is 0.734. The van der Waals surface area contributed by atoms with E-state index in [1.807, 2.05) is 0 Å². The van der Waals surface area contributed by atoms with E-state index in [-0.39, 0.29) is 4.90 Å². The van der Waals surface area contributed by atoms with Crippen molar-refractivity contribution in [2.75, 3.05) is 0 Å². The van der Waals surface area contributed by atoms with Crippen molar-refractivity contribution in [2.24, 2.45) is 0 Å². The molecule has 0 aliphatic heterocycles. The van der Waals surface area contributed by atoms with Crippen LogP contribution in [-0.2, 0) is 4.79 Å². The number of rotatable bonds is 5. The number of nitrogens with zero attached hydrogens (tertiary/aromatic N) is 2. The molecule has 96 valence electrons. The van der Waals surface area contributed by atoms with Gasteiger partial charge in [0.25, 0.3) is 11.4 Å². The number of thioether (sulfide) groups is 1. The summed E-state index contributed by atoms with van der Waals surface area (Å²) in [6.45, 7) is 1.32. The molecule has 0 bridgehead atoms. The molecule has 0 radical (unpaired) electrons. The number of hydrogen-bond donors (Lipinski definition) is 0. The molecule has 0 heterocycles. The van der Waals surface area contributed by atoms with Crippen molar-refractivity contribution in [3.8, 4) is 0 Å². The van der Waals surface area contributed by atoms with Gasteiger partial charge >= 0.3 is 0 Å². The SMILES string of the molecule is C[C@@H](Sc1cc([N+](=O)[O-])cc([N+](=O)[O-])c1)C(=O)[O-]. The first-order chi connectivity index (χ1) is 8.31. The highest BCUT2D eigenvalue weighted by Crippen LogP contribution is 2.31. The highest BCUT2D eigenvalue weighted by Gasteiger charge is 2.18. The fourth-order valence-corrected chi connectivity index (χ4v) is 1.98. The lowest BCUT2D eigenvalue weighted by Crippen LogP contribution is -2.31. The molecule has 0 saturated carbocycles. The molecule has 1 aromatic carbocycles. The minimum atomic E-state index is -1.35. The maximum Gasteiger partial charge on any atom is 0.277 e. The maximum absolute atomic E-state index is 10.6. The average Bonchev–Trinajstić information content (AvgIpc) is 2.28. The summed E-state index contributed by atoms with van der Waals surface area (Å²) in [4.78, 5) is 30.3. The molecule has 0 aliphatic rings. The van der Waals surface area contributed by atoms with Crippen LogP contribution in [0.25, 0.3) is 0 Å². The number of carboxylic acids is 1. The number of benzene rings is 1. The summed E-state index contributed by atoms with van der Waals surface area (Å²) in [6.07, 6.45) is 0. The molecule has 0 saturated heterocycles. The van der Waals surface area contributed by atoms with Crippen LogP contribution in [0.15, 0.2) is 23.1 Å². The molecule has 0 N–H and O–H groups in total. The van der Waals surface area contributed by atoms with Crippen molar-refractivity contribution in [1.29, 1.82) is 0 Å². The summed E-state index contributed by atoms with van der Waals surface area (Å²) in [7, 11) is 0. The van der Waals surface area contributed by atoms with Crippen molar-refractivity contribution in [3.05, 3.63) is 38.4 Å². The van der Waals surface area contributed by atoms with Gasteiger partial charge in [-0.1, -0.05) is 0 Å². The third-order valence-corrected chi connectivity index (χ3v) is 3.00. The molecule has 8 nitrogen and oxygen atoms in total. The minimum absolute atomic E-state index is 0.132. The molecule has 1 aromatic rings. The number of carbonyl (C=O) groups excluding carboxylic acids is 1. The van der Waals surface area contributed by atoms with Gasteiger partial charge in [-0.15, -0.1) is 11.8 Å². The van der Waals surface area contributed by atoms with Gasteiger partial charge < -0.3 is 9.90 Å². The van der Waals surface area contributed by atoms with Crippen LogP contribution in [0.1, 0.15) is 6.92 Å². The third kappa shape index (κ3) is 3.42. The zero-order chi connectivity index (χ0) is 13.9. The number of carbonyl (C=O) groups is 1. The van der Waals surface area contributed by atoms with E-state index >= 15 is 0 Å². The van der Waals surface area contributed by atoms with Crippen LogP contribution < -0.4 is 5.11 Å². The zero-order valence-corrected chi connectivity index (χ0v) is 9.88. The highest BCUT2D eigenvalue weighted by molar-refractivity contribution is 8.00. The van der Waals surface area contributed by atoms with Crippen LogP contribution in [0.2, 0.25) is 0 Å². The van der Waals surface area contributed by atoms with E-state index in [1.54, 1.807) is 0 Å². The molecule has 0 unspecified atom stereocenters. The topological polar surface area (TPSA) is 126 Å². The second kappa shape index (κ2) is 5.45. The summed E-state index contributed by atoms with van der Waals surface area (Å²) < 4.78 is 0. The van der Waals surface area contributed by atoms with Gasteiger partial charge in [0.1, 0.15) is 0 Å². The fourth-order valence-electron chi connectivity index (χ4n) is 1.10. The van der Waals surface area contributed by atoms with Crippen LogP contribution in [-0.4, -0.2) is 21.1 Å². The smallest absolute Gasteiger partial charge is 0.277 e. The van der Waals surface area contributed by atoms with Crippen LogP contribution in [0.3, 0.4) is 0 Å². The lowest BCUT2D eigenvalue weighted by atomic mass is 10.3. The number of non-ortho nitro benzene ring substituents is 2. The van der Waals surface area contributed by atoms with Crippen molar-refractivity contribution < 1.29 is 19.7 Å². The van der Waals surface area contributed by atoms with Gasteiger partial charge in [0, 0.05) is 22.3 Å². The van der Waals surface area contributed by atoms with Crippen LogP contribution >= 0.6 is 11.8 Å². The normalized spacial score (nSPS) is 11.8. The van der Waals surface area contributed by atoms with Gasteiger partial charge in [-0.25, -0.2) is 0 Å². The molecule has 0 aliphatic carbocycles. The summed E-state index contributed by atoms with van der Waals surface area (Å²) >= 11 is 0.744. The van der Waals surface area contributed by atoms with E-state index in [0.29, 0.717) is 0 Å². The Morgan fingerprint density at radius 1 is 1.17 bits per heavy atom. The van der Waals surface area contributed by atoms with E-state index in [4.69, 9.17) is 0 Å².